The van der Waals surface area contributed by atoms with Crippen molar-refractivity contribution in [1.29, 1.82) is 0 Å². The van der Waals surface area contributed by atoms with E-state index in [2.05, 4.69) is 34.3 Å². The van der Waals surface area contributed by atoms with E-state index in [9.17, 15) is 8.78 Å². The maximum absolute atomic E-state index is 13.0. The summed E-state index contributed by atoms with van der Waals surface area (Å²) in [5, 5.41) is 0. The van der Waals surface area contributed by atoms with Crippen molar-refractivity contribution in [3.8, 4) is 0 Å². The molecule has 2 heteroatoms. The molecule has 0 aliphatic carbocycles. The van der Waals surface area contributed by atoms with Crippen molar-refractivity contribution in [2.75, 3.05) is 0 Å². The lowest BCUT2D eigenvalue weighted by Gasteiger charge is -2.31. The topological polar surface area (TPSA) is 0 Å². The predicted octanol–water partition coefficient (Wildman–Crippen LogP) is 5.05. The third-order valence-electron chi connectivity index (χ3n) is 2.99. The highest BCUT2D eigenvalue weighted by Gasteiger charge is 2.29. The first-order chi connectivity index (χ1) is 6.73. The zero-order chi connectivity index (χ0) is 12.1. The minimum atomic E-state index is -2.70. The van der Waals surface area contributed by atoms with Gasteiger partial charge in [-0.3, -0.25) is 0 Å². The van der Waals surface area contributed by atoms with Crippen molar-refractivity contribution in [2.24, 2.45) is 11.3 Å². The average Bonchev–Trinajstić information content (AvgIpc) is 2.10. The molecule has 0 nitrogen and oxygen atoms in total. The van der Waals surface area contributed by atoms with Crippen LogP contribution in [0.4, 0.5) is 8.78 Å². The summed E-state index contributed by atoms with van der Waals surface area (Å²) >= 11 is 0. The molecule has 1 atom stereocenters. The van der Waals surface area contributed by atoms with Crippen molar-refractivity contribution >= 4 is 0 Å². The van der Waals surface area contributed by atoms with Crippen LogP contribution in [0.2, 0.25) is 0 Å². The number of hydrogen-bond donors (Lipinski definition) is 0. The molecule has 15 heavy (non-hydrogen) atoms. The van der Waals surface area contributed by atoms with Crippen LogP contribution in [0.3, 0.4) is 0 Å². The Balaban J connectivity index is 4.25. The lowest BCUT2D eigenvalue weighted by molar-refractivity contribution is 0.0306. The highest BCUT2D eigenvalue weighted by atomic mass is 19.3. The number of rotatable bonds is 6. The van der Waals surface area contributed by atoms with E-state index in [0.717, 1.165) is 18.9 Å². The van der Waals surface area contributed by atoms with Gasteiger partial charge in [0.25, 0.3) is 5.92 Å². The SMILES string of the molecule is C=CC(F)(F)CCC(CCC)C(C)(C)C. The quantitative estimate of drug-likeness (QED) is 0.547. The molecule has 1 unspecified atom stereocenters. The molecule has 0 heterocycles. The van der Waals surface area contributed by atoms with E-state index < -0.39 is 5.92 Å². The zero-order valence-electron chi connectivity index (χ0n) is 10.4. The summed E-state index contributed by atoms with van der Waals surface area (Å²) in [6, 6.07) is 0. The van der Waals surface area contributed by atoms with E-state index in [4.69, 9.17) is 0 Å². The van der Waals surface area contributed by atoms with E-state index in [0.29, 0.717) is 12.3 Å². The Bertz CT molecular complexity index is 189. The van der Waals surface area contributed by atoms with E-state index in [1.165, 1.54) is 0 Å². The average molecular weight is 218 g/mol. The Morgan fingerprint density at radius 3 is 2.07 bits per heavy atom. The fourth-order valence-electron chi connectivity index (χ4n) is 1.83. The van der Waals surface area contributed by atoms with Gasteiger partial charge in [-0.15, -0.1) is 0 Å². The Labute approximate surface area is 92.8 Å². The van der Waals surface area contributed by atoms with Gasteiger partial charge in [-0.2, -0.15) is 0 Å². The third kappa shape index (κ3) is 5.91. The molecule has 0 saturated heterocycles. The Hall–Kier alpha value is -0.400. The summed E-state index contributed by atoms with van der Waals surface area (Å²) < 4.78 is 26.0. The van der Waals surface area contributed by atoms with Crippen LogP contribution in [0.1, 0.15) is 53.4 Å². The molecule has 0 aliphatic rings. The zero-order valence-corrected chi connectivity index (χ0v) is 10.4. The van der Waals surface area contributed by atoms with Gasteiger partial charge >= 0.3 is 0 Å². The van der Waals surface area contributed by atoms with Crippen LogP contribution < -0.4 is 0 Å². The summed E-state index contributed by atoms with van der Waals surface area (Å²) in [6.45, 7) is 11.6. The molecule has 0 saturated carbocycles. The first-order valence-electron chi connectivity index (χ1n) is 5.74. The molecule has 0 N–H and O–H groups in total. The van der Waals surface area contributed by atoms with Crippen molar-refractivity contribution < 1.29 is 8.78 Å². The summed E-state index contributed by atoms with van der Waals surface area (Å²) in [5.41, 5.74) is 0.118. The second-order valence-electron chi connectivity index (χ2n) is 5.36. The van der Waals surface area contributed by atoms with Crippen molar-refractivity contribution in [1.82, 2.24) is 0 Å². The van der Waals surface area contributed by atoms with Crippen LogP contribution in [0, 0.1) is 11.3 Å². The lowest BCUT2D eigenvalue weighted by Crippen LogP contribution is -2.23. The molecular formula is C13H24F2. The van der Waals surface area contributed by atoms with E-state index in [1.807, 2.05) is 0 Å². The standard InChI is InChI=1S/C13H24F2/c1-6-8-11(12(3,4)5)9-10-13(14,15)7-2/h7,11H,2,6,8-10H2,1,3-5H3. The number of halogens is 2. The molecule has 0 fully saturated rings. The molecule has 0 aromatic rings. The summed E-state index contributed by atoms with van der Waals surface area (Å²) in [5.74, 6) is -2.33. The molecule has 0 aromatic heterocycles. The number of allylic oxidation sites excluding steroid dienone is 1. The molecule has 0 bridgehead atoms. The monoisotopic (exact) mass is 218 g/mol. The van der Waals surface area contributed by atoms with Crippen molar-refractivity contribution in [3.05, 3.63) is 12.7 Å². The van der Waals surface area contributed by atoms with E-state index in [1.54, 1.807) is 0 Å². The van der Waals surface area contributed by atoms with Gasteiger partial charge in [0.1, 0.15) is 0 Å². The number of alkyl halides is 2. The molecule has 0 aromatic carbocycles. The predicted molar refractivity (Wildman–Crippen MR) is 62.2 cm³/mol. The van der Waals surface area contributed by atoms with E-state index >= 15 is 0 Å². The minimum Gasteiger partial charge on any atom is -0.202 e. The molecule has 90 valence electrons. The van der Waals surface area contributed by atoms with Crippen LogP contribution >= 0.6 is 0 Å². The van der Waals surface area contributed by atoms with Crippen LogP contribution in [0.5, 0.6) is 0 Å². The summed E-state index contributed by atoms with van der Waals surface area (Å²) in [4.78, 5) is 0. The summed E-state index contributed by atoms with van der Waals surface area (Å²) in [6.07, 6.45) is 3.35. The molecule has 0 radical (unpaired) electrons. The molecular weight excluding hydrogens is 194 g/mol. The van der Waals surface area contributed by atoms with Gasteiger partial charge in [0, 0.05) is 6.42 Å². The Kier molecular flexibility index (Phi) is 5.47. The molecule has 0 rings (SSSR count). The van der Waals surface area contributed by atoms with Gasteiger partial charge in [0.15, 0.2) is 0 Å². The van der Waals surface area contributed by atoms with Gasteiger partial charge < -0.3 is 0 Å². The highest BCUT2D eigenvalue weighted by molar-refractivity contribution is 4.88. The maximum Gasteiger partial charge on any atom is 0.266 e. The van der Waals surface area contributed by atoms with Gasteiger partial charge in [-0.1, -0.05) is 47.1 Å². The fourth-order valence-corrected chi connectivity index (χ4v) is 1.83. The number of hydrogen-bond acceptors (Lipinski definition) is 0. The van der Waals surface area contributed by atoms with E-state index in [-0.39, 0.29) is 11.8 Å². The third-order valence-corrected chi connectivity index (χ3v) is 2.99. The minimum absolute atomic E-state index is 0.0710. The Morgan fingerprint density at radius 1 is 1.20 bits per heavy atom. The first-order valence-corrected chi connectivity index (χ1v) is 5.74. The normalized spacial score (nSPS) is 15.1. The first kappa shape index (κ1) is 14.6. The van der Waals surface area contributed by atoms with Crippen molar-refractivity contribution in [2.45, 2.75) is 59.3 Å². The summed E-state index contributed by atoms with van der Waals surface area (Å²) in [7, 11) is 0. The maximum atomic E-state index is 13.0. The van der Waals surface area contributed by atoms with Gasteiger partial charge in [-0.25, -0.2) is 8.78 Å². The van der Waals surface area contributed by atoms with Gasteiger partial charge in [0.05, 0.1) is 0 Å². The molecule has 0 amide bonds. The van der Waals surface area contributed by atoms with Crippen LogP contribution in [-0.2, 0) is 0 Å². The smallest absolute Gasteiger partial charge is 0.202 e. The Morgan fingerprint density at radius 2 is 1.73 bits per heavy atom. The van der Waals surface area contributed by atoms with Crippen LogP contribution in [0.25, 0.3) is 0 Å². The van der Waals surface area contributed by atoms with Gasteiger partial charge in [-0.05, 0) is 23.8 Å². The molecule has 0 spiro atoms. The van der Waals surface area contributed by atoms with Gasteiger partial charge in [0.2, 0.25) is 0 Å². The van der Waals surface area contributed by atoms with Crippen LogP contribution in [0.15, 0.2) is 12.7 Å². The van der Waals surface area contributed by atoms with Crippen molar-refractivity contribution in [3.63, 3.8) is 0 Å². The second kappa shape index (κ2) is 5.62. The molecule has 0 aliphatic heterocycles. The fraction of sp³-hybridized carbons (Fsp3) is 0.846. The largest absolute Gasteiger partial charge is 0.266 e. The van der Waals surface area contributed by atoms with Crippen LogP contribution in [-0.4, -0.2) is 5.92 Å². The highest BCUT2D eigenvalue weighted by Crippen LogP contribution is 2.36. The second-order valence-corrected chi connectivity index (χ2v) is 5.36. The lowest BCUT2D eigenvalue weighted by atomic mass is 9.75.